The van der Waals surface area contributed by atoms with Gasteiger partial charge in [-0.25, -0.2) is 4.98 Å². The number of nitrogens with one attached hydrogen (secondary N) is 1. The SMILES string of the molecule is COc1cc2nn([C@H]3CC[C@@]4(CC3)CC(=O)N(C)C4)cc2cc1C(=O)Nc1cnc2cccnn12. The van der Waals surface area contributed by atoms with Crippen LogP contribution in [-0.2, 0) is 4.79 Å². The molecule has 1 spiro atoms. The molecule has 0 radical (unpaired) electrons. The van der Waals surface area contributed by atoms with Gasteiger partial charge in [-0.1, -0.05) is 0 Å². The largest absolute Gasteiger partial charge is 0.496 e. The van der Waals surface area contributed by atoms with E-state index in [9.17, 15) is 9.59 Å². The van der Waals surface area contributed by atoms with E-state index in [2.05, 4.69) is 15.4 Å². The molecule has 1 aromatic carbocycles. The molecule has 3 aromatic heterocycles. The fourth-order valence-electron chi connectivity index (χ4n) is 5.62. The monoisotopic (exact) mass is 473 g/mol. The highest BCUT2D eigenvalue weighted by molar-refractivity contribution is 6.08. The molecule has 0 bridgehead atoms. The number of rotatable bonds is 4. The average Bonchev–Trinajstić information content (AvgIpc) is 3.54. The Morgan fingerprint density at radius 2 is 2.09 bits per heavy atom. The number of methoxy groups -OCH3 is 1. The maximum atomic E-state index is 13.2. The average molecular weight is 474 g/mol. The topological polar surface area (TPSA) is 107 Å². The lowest BCUT2D eigenvalue weighted by atomic mass is 9.72. The van der Waals surface area contributed by atoms with E-state index in [-0.39, 0.29) is 23.3 Å². The zero-order valence-corrected chi connectivity index (χ0v) is 19.8. The number of nitrogens with zero attached hydrogens (tertiary/aromatic N) is 6. The molecule has 2 amide bonds. The quantitative estimate of drug-likeness (QED) is 0.487. The van der Waals surface area contributed by atoms with Crippen LogP contribution in [0.1, 0.15) is 48.5 Å². The van der Waals surface area contributed by atoms with Gasteiger partial charge in [0.05, 0.1) is 30.4 Å². The van der Waals surface area contributed by atoms with Crippen LogP contribution in [0.4, 0.5) is 5.82 Å². The highest BCUT2D eigenvalue weighted by atomic mass is 16.5. The van der Waals surface area contributed by atoms with Crippen molar-refractivity contribution in [3.63, 3.8) is 0 Å². The molecule has 35 heavy (non-hydrogen) atoms. The van der Waals surface area contributed by atoms with Crippen molar-refractivity contribution < 1.29 is 14.3 Å². The predicted molar refractivity (Wildman–Crippen MR) is 129 cm³/mol. The molecule has 1 aliphatic heterocycles. The molecule has 2 aliphatic rings. The second-order valence-electron chi connectivity index (χ2n) is 9.77. The van der Waals surface area contributed by atoms with E-state index in [4.69, 9.17) is 9.84 Å². The Morgan fingerprint density at radius 3 is 2.83 bits per heavy atom. The first-order valence-electron chi connectivity index (χ1n) is 11.9. The number of carbonyl (C=O) groups is 2. The van der Waals surface area contributed by atoms with Crippen LogP contribution in [0, 0.1) is 5.41 Å². The van der Waals surface area contributed by atoms with E-state index >= 15 is 0 Å². The molecule has 180 valence electrons. The Kier molecular flexibility index (Phi) is 4.98. The minimum absolute atomic E-state index is 0.121. The van der Waals surface area contributed by atoms with E-state index < -0.39 is 0 Å². The highest BCUT2D eigenvalue weighted by Crippen LogP contribution is 2.47. The normalized spacial score (nSPS) is 22.4. The Balaban J connectivity index is 1.24. The first-order chi connectivity index (χ1) is 16.9. The summed E-state index contributed by atoms with van der Waals surface area (Å²) in [6.07, 6.45) is 9.91. The molecule has 0 atom stereocenters. The van der Waals surface area contributed by atoms with Crippen molar-refractivity contribution in [1.29, 1.82) is 0 Å². The van der Waals surface area contributed by atoms with E-state index in [0.717, 1.165) is 43.1 Å². The van der Waals surface area contributed by atoms with Crippen molar-refractivity contribution in [3.05, 3.63) is 48.4 Å². The number of hydrogen-bond donors (Lipinski definition) is 1. The van der Waals surface area contributed by atoms with Crippen LogP contribution in [0.25, 0.3) is 16.6 Å². The van der Waals surface area contributed by atoms with Crippen LogP contribution >= 0.6 is 0 Å². The van der Waals surface area contributed by atoms with Gasteiger partial charge in [0.15, 0.2) is 11.5 Å². The summed E-state index contributed by atoms with van der Waals surface area (Å²) >= 11 is 0. The molecule has 4 aromatic rings. The maximum Gasteiger partial charge on any atom is 0.260 e. The van der Waals surface area contributed by atoms with Crippen molar-refractivity contribution in [1.82, 2.24) is 29.3 Å². The summed E-state index contributed by atoms with van der Waals surface area (Å²) < 4.78 is 9.13. The lowest BCUT2D eigenvalue weighted by Crippen LogP contribution is -2.31. The highest BCUT2D eigenvalue weighted by Gasteiger charge is 2.44. The molecule has 1 saturated carbocycles. The standard InChI is InChI=1S/C25H27N7O3/c1-30-15-25(12-23(30)33)7-5-17(6-8-25)31-14-16-10-18(20(35-2)11-19(16)29-31)24(34)28-22-13-26-21-4-3-9-27-32(21)22/h3-4,9-11,13-14,17H,5-8,12,15H2,1-2H3,(H,28,34)/t17-,25+. The van der Waals surface area contributed by atoms with E-state index in [1.54, 1.807) is 30.1 Å². The van der Waals surface area contributed by atoms with Crippen molar-refractivity contribution in [2.75, 3.05) is 26.0 Å². The third-order valence-corrected chi connectivity index (χ3v) is 7.52. The molecule has 4 heterocycles. The number of anilines is 1. The number of imidazole rings is 1. The van der Waals surface area contributed by atoms with Gasteiger partial charge in [0.1, 0.15) is 5.75 Å². The van der Waals surface area contributed by atoms with Gasteiger partial charge < -0.3 is 15.0 Å². The number of fused-ring (bicyclic) bond motifs is 2. The Morgan fingerprint density at radius 1 is 1.26 bits per heavy atom. The molecule has 1 N–H and O–H groups in total. The molecule has 10 nitrogen and oxygen atoms in total. The zero-order valence-electron chi connectivity index (χ0n) is 19.8. The summed E-state index contributed by atoms with van der Waals surface area (Å²) in [6, 6.07) is 7.52. The number of aromatic nitrogens is 5. The Bertz CT molecular complexity index is 1450. The van der Waals surface area contributed by atoms with Gasteiger partial charge in [-0.3, -0.25) is 14.3 Å². The first-order valence-corrected chi connectivity index (χ1v) is 11.9. The fraction of sp³-hybridized carbons (Fsp3) is 0.400. The Labute approximate surface area is 201 Å². The van der Waals surface area contributed by atoms with Gasteiger partial charge in [0.2, 0.25) is 5.91 Å². The summed E-state index contributed by atoms with van der Waals surface area (Å²) in [5.41, 5.74) is 1.97. The second kappa shape index (κ2) is 8.07. The van der Waals surface area contributed by atoms with Crippen LogP contribution in [0.2, 0.25) is 0 Å². The van der Waals surface area contributed by atoms with Crippen LogP contribution < -0.4 is 10.1 Å². The molecular formula is C25H27N7O3. The number of likely N-dealkylation sites (tertiary alicyclic amines) is 1. The van der Waals surface area contributed by atoms with E-state index in [1.807, 2.05) is 41.0 Å². The van der Waals surface area contributed by atoms with Crippen LogP contribution in [0.15, 0.2) is 42.9 Å². The van der Waals surface area contributed by atoms with Crippen molar-refractivity contribution in [2.24, 2.45) is 5.41 Å². The number of hydrogen-bond acceptors (Lipinski definition) is 6. The Hall–Kier alpha value is -3.95. The third-order valence-electron chi connectivity index (χ3n) is 7.52. The molecule has 1 aliphatic carbocycles. The molecule has 6 rings (SSSR count). The van der Waals surface area contributed by atoms with Gasteiger partial charge in [0, 0.05) is 43.9 Å². The van der Waals surface area contributed by atoms with Crippen molar-refractivity contribution >= 4 is 34.2 Å². The van der Waals surface area contributed by atoms with Crippen molar-refractivity contribution in [2.45, 2.75) is 38.1 Å². The first kappa shape index (κ1) is 21.6. The molecular weight excluding hydrogens is 446 g/mol. The van der Waals surface area contributed by atoms with Crippen molar-refractivity contribution in [3.8, 4) is 5.75 Å². The minimum Gasteiger partial charge on any atom is -0.496 e. The van der Waals surface area contributed by atoms with Gasteiger partial charge >= 0.3 is 0 Å². The number of ether oxygens (including phenoxy) is 1. The summed E-state index contributed by atoms with van der Waals surface area (Å²) in [4.78, 5) is 31.4. The fourth-order valence-corrected chi connectivity index (χ4v) is 5.62. The van der Waals surface area contributed by atoms with E-state index in [1.165, 1.54) is 0 Å². The van der Waals surface area contributed by atoms with Gasteiger partial charge in [0.25, 0.3) is 5.91 Å². The number of amides is 2. The number of carbonyl (C=O) groups excluding carboxylic acids is 2. The molecule has 1 saturated heterocycles. The lowest BCUT2D eigenvalue weighted by Gasteiger charge is -2.36. The van der Waals surface area contributed by atoms with Gasteiger partial charge in [-0.2, -0.15) is 14.7 Å². The third kappa shape index (κ3) is 3.69. The van der Waals surface area contributed by atoms with Gasteiger partial charge in [-0.15, -0.1) is 0 Å². The van der Waals surface area contributed by atoms with Gasteiger partial charge in [-0.05, 0) is 49.3 Å². The lowest BCUT2D eigenvalue weighted by molar-refractivity contribution is -0.126. The summed E-state index contributed by atoms with van der Waals surface area (Å²) in [6.45, 7) is 0.858. The molecule has 0 unspecified atom stereocenters. The number of benzene rings is 1. The zero-order chi connectivity index (χ0) is 24.2. The summed E-state index contributed by atoms with van der Waals surface area (Å²) in [7, 11) is 3.45. The predicted octanol–water partition coefficient (Wildman–Crippen LogP) is 3.30. The smallest absolute Gasteiger partial charge is 0.260 e. The minimum atomic E-state index is -0.307. The summed E-state index contributed by atoms with van der Waals surface area (Å²) in [5.74, 6) is 0.886. The maximum absolute atomic E-state index is 13.2. The van der Waals surface area contributed by atoms with E-state index in [0.29, 0.717) is 29.2 Å². The van der Waals surface area contributed by atoms with Crippen LogP contribution in [-0.4, -0.2) is 61.8 Å². The summed E-state index contributed by atoms with van der Waals surface area (Å²) in [5, 5.41) is 12.8. The molecule has 2 fully saturated rings. The van der Waals surface area contributed by atoms with Crippen LogP contribution in [0.3, 0.4) is 0 Å². The second-order valence-corrected chi connectivity index (χ2v) is 9.77. The van der Waals surface area contributed by atoms with Crippen LogP contribution in [0.5, 0.6) is 5.75 Å². The molecule has 10 heteroatoms.